The molecule has 7 heteroatoms. The molecule has 0 radical (unpaired) electrons. The number of para-hydroxylation sites is 1. The van der Waals surface area contributed by atoms with Crippen molar-refractivity contribution in [3.05, 3.63) is 65.0 Å². The van der Waals surface area contributed by atoms with Crippen LogP contribution in [-0.2, 0) is 13.0 Å². The first-order valence-electron chi connectivity index (χ1n) is 9.36. The van der Waals surface area contributed by atoms with Crippen LogP contribution in [0.15, 0.2) is 42.5 Å². The minimum Gasteiger partial charge on any atom is -0.485 e. The normalized spacial score (nSPS) is 15.7. The number of nitrogens with zero attached hydrogens (tertiary/aromatic N) is 3. The lowest BCUT2D eigenvalue weighted by atomic mass is 9.89. The van der Waals surface area contributed by atoms with Crippen LogP contribution in [0.3, 0.4) is 0 Å². The van der Waals surface area contributed by atoms with E-state index < -0.39 is 6.10 Å². The lowest BCUT2D eigenvalue weighted by Crippen LogP contribution is -2.13. The second-order valence-corrected chi connectivity index (χ2v) is 6.89. The fourth-order valence-corrected chi connectivity index (χ4v) is 3.46. The van der Waals surface area contributed by atoms with Crippen molar-refractivity contribution < 1.29 is 9.84 Å². The van der Waals surface area contributed by atoms with Gasteiger partial charge in [0, 0.05) is 5.69 Å². The van der Waals surface area contributed by atoms with Gasteiger partial charge in [0.1, 0.15) is 12.4 Å². The van der Waals surface area contributed by atoms with Crippen molar-refractivity contribution in [2.24, 2.45) is 0 Å². The summed E-state index contributed by atoms with van der Waals surface area (Å²) >= 11 is 0. The van der Waals surface area contributed by atoms with Crippen LogP contribution in [0.25, 0.3) is 0 Å². The van der Waals surface area contributed by atoms with Gasteiger partial charge >= 0.3 is 0 Å². The molecule has 0 aliphatic heterocycles. The Labute approximate surface area is 163 Å². The van der Waals surface area contributed by atoms with Crippen molar-refractivity contribution in [3.63, 3.8) is 0 Å². The Kier molecular flexibility index (Phi) is 5.08. The fourth-order valence-electron chi connectivity index (χ4n) is 3.46. The smallest absolute Gasteiger partial charge is 0.232 e. The first-order chi connectivity index (χ1) is 13.6. The minimum atomic E-state index is -0.426. The Hall–Kier alpha value is -3.19. The van der Waals surface area contributed by atoms with Crippen LogP contribution in [0.1, 0.15) is 41.5 Å². The van der Waals surface area contributed by atoms with Crippen LogP contribution in [0.2, 0.25) is 0 Å². The Bertz CT molecular complexity index is 992. The van der Waals surface area contributed by atoms with E-state index >= 15 is 0 Å². The van der Waals surface area contributed by atoms with E-state index in [0.29, 0.717) is 11.8 Å². The van der Waals surface area contributed by atoms with Crippen LogP contribution >= 0.6 is 0 Å². The van der Waals surface area contributed by atoms with E-state index in [1.807, 2.05) is 49.4 Å². The van der Waals surface area contributed by atoms with E-state index in [-0.39, 0.29) is 12.6 Å². The number of aromatic nitrogens is 3. The molecule has 0 bridgehead atoms. The molecule has 0 amide bonds. The number of hydrogen-bond acceptors (Lipinski definition) is 7. The summed E-state index contributed by atoms with van der Waals surface area (Å²) in [5.41, 5.74) is 9.85. The predicted octanol–water partition coefficient (Wildman–Crippen LogP) is 3.45. The third kappa shape index (κ3) is 3.89. The lowest BCUT2D eigenvalue weighted by molar-refractivity contribution is 0.155. The van der Waals surface area contributed by atoms with Gasteiger partial charge in [0.25, 0.3) is 0 Å². The van der Waals surface area contributed by atoms with Crippen molar-refractivity contribution in [3.8, 4) is 5.75 Å². The van der Waals surface area contributed by atoms with E-state index in [2.05, 4.69) is 20.3 Å². The monoisotopic (exact) mass is 377 g/mol. The molecule has 1 aliphatic carbocycles. The Morgan fingerprint density at radius 3 is 2.86 bits per heavy atom. The van der Waals surface area contributed by atoms with Crippen molar-refractivity contribution in [2.75, 3.05) is 11.1 Å². The van der Waals surface area contributed by atoms with E-state index in [1.165, 1.54) is 0 Å². The number of rotatable bonds is 5. The summed E-state index contributed by atoms with van der Waals surface area (Å²) in [5.74, 6) is 1.71. The molecule has 2 aromatic carbocycles. The Morgan fingerprint density at radius 1 is 1.14 bits per heavy atom. The SMILES string of the molecule is Cc1ccccc1Nc1nc(N)nc(COc2cccc3c2CCC[C@@H]3O)n1. The zero-order chi connectivity index (χ0) is 19.5. The summed E-state index contributed by atoms with van der Waals surface area (Å²) in [5, 5.41) is 13.4. The van der Waals surface area contributed by atoms with E-state index in [0.717, 1.165) is 47.4 Å². The Balaban J connectivity index is 1.53. The van der Waals surface area contributed by atoms with Gasteiger partial charge in [0.15, 0.2) is 5.82 Å². The summed E-state index contributed by atoms with van der Waals surface area (Å²) in [6.07, 6.45) is 2.19. The molecular weight excluding hydrogens is 354 g/mol. The van der Waals surface area contributed by atoms with E-state index in [1.54, 1.807) is 0 Å². The van der Waals surface area contributed by atoms with Gasteiger partial charge in [0.05, 0.1) is 6.10 Å². The largest absolute Gasteiger partial charge is 0.485 e. The second-order valence-electron chi connectivity index (χ2n) is 6.89. The zero-order valence-corrected chi connectivity index (χ0v) is 15.7. The topological polar surface area (TPSA) is 106 Å². The van der Waals surface area contributed by atoms with Gasteiger partial charge in [-0.2, -0.15) is 15.0 Å². The molecule has 1 aromatic heterocycles. The van der Waals surface area contributed by atoms with Gasteiger partial charge in [-0.05, 0) is 55.0 Å². The van der Waals surface area contributed by atoms with Gasteiger partial charge in [-0.25, -0.2) is 0 Å². The average molecular weight is 377 g/mol. The summed E-state index contributed by atoms with van der Waals surface area (Å²) < 4.78 is 5.98. The molecule has 4 rings (SSSR count). The maximum Gasteiger partial charge on any atom is 0.232 e. The number of benzene rings is 2. The van der Waals surface area contributed by atoms with Crippen LogP contribution in [0.5, 0.6) is 5.75 Å². The zero-order valence-electron chi connectivity index (χ0n) is 15.7. The number of nitrogens with one attached hydrogen (secondary N) is 1. The third-order valence-electron chi connectivity index (χ3n) is 4.88. The van der Waals surface area contributed by atoms with Gasteiger partial charge in [0.2, 0.25) is 11.9 Å². The summed E-state index contributed by atoms with van der Waals surface area (Å²) in [6, 6.07) is 13.6. The van der Waals surface area contributed by atoms with E-state index in [9.17, 15) is 5.11 Å². The maximum atomic E-state index is 10.2. The quantitative estimate of drug-likeness (QED) is 0.625. The molecule has 4 N–H and O–H groups in total. The molecular formula is C21H23N5O2. The average Bonchev–Trinajstić information content (AvgIpc) is 2.68. The predicted molar refractivity (Wildman–Crippen MR) is 107 cm³/mol. The molecule has 0 fully saturated rings. The van der Waals surface area contributed by atoms with Crippen LogP contribution < -0.4 is 15.8 Å². The van der Waals surface area contributed by atoms with Crippen molar-refractivity contribution >= 4 is 17.6 Å². The maximum absolute atomic E-state index is 10.2. The van der Waals surface area contributed by atoms with Crippen molar-refractivity contribution in [1.29, 1.82) is 0 Å². The highest BCUT2D eigenvalue weighted by Crippen LogP contribution is 2.35. The van der Waals surface area contributed by atoms with Crippen molar-refractivity contribution in [2.45, 2.75) is 38.9 Å². The number of nitrogen functional groups attached to an aromatic ring is 1. The lowest BCUT2D eigenvalue weighted by Gasteiger charge is -2.23. The van der Waals surface area contributed by atoms with Crippen LogP contribution in [0.4, 0.5) is 17.6 Å². The van der Waals surface area contributed by atoms with Crippen LogP contribution in [-0.4, -0.2) is 20.1 Å². The molecule has 0 spiro atoms. The number of aliphatic hydroxyl groups is 1. The number of nitrogens with two attached hydrogens (primary N) is 1. The highest BCUT2D eigenvalue weighted by Gasteiger charge is 2.21. The molecule has 3 aromatic rings. The molecule has 1 atom stereocenters. The number of hydrogen-bond donors (Lipinski definition) is 3. The first kappa shape index (κ1) is 18.2. The number of ether oxygens (including phenoxy) is 1. The van der Waals surface area contributed by atoms with Crippen LogP contribution in [0, 0.1) is 6.92 Å². The molecule has 1 aliphatic rings. The number of aryl methyl sites for hydroxylation is 1. The molecule has 1 heterocycles. The Morgan fingerprint density at radius 2 is 2.00 bits per heavy atom. The van der Waals surface area contributed by atoms with Crippen molar-refractivity contribution in [1.82, 2.24) is 15.0 Å². The highest BCUT2D eigenvalue weighted by atomic mass is 16.5. The number of aliphatic hydroxyl groups excluding tert-OH is 1. The molecule has 0 saturated carbocycles. The minimum absolute atomic E-state index is 0.134. The third-order valence-corrected chi connectivity index (χ3v) is 4.88. The fraction of sp³-hybridized carbons (Fsp3) is 0.286. The summed E-state index contributed by atoms with van der Waals surface area (Å²) in [6.45, 7) is 2.17. The van der Waals surface area contributed by atoms with Gasteiger partial charge in [-0.1, -0.05) is 30.3 Å². The molecule has 144 valence electrons. The standard InChI is InChI=1S/C21H23N5O2/c1-13-6-2-3-9-16(13)23-21-25-19(24-20(22)26-21)12-28-18-11-5-7-14-15(18)8-4-10-17(14)27/h2-3,5-7,9,11,17,27H,4,8,10,12H2,1H3,(H3,22,23,24,25,26)/t17-/m0/s1. The number of fused-ring (bicyclic) bond motifs is 1. The summed E-state index contributed by atoms with van der Waals surface area (Å²) in [7, 11) is 0. The summed E-state index contributed by atoms with van der Waals surface area (Å²) in [4.78, 5) is 12.8. The molecule has 28 heavy (non-hydrogen) atoms. The van der Waals surface area contributed by atoms with E-state index in [4.69, 9.17) is 10.5 Å². The van der Waals surface area contributed by atoms with Gasteiger partial charge in [-0.3, -0.25) is 0 Å². The number of anilines is 3. The second kappa shape index (κ2) is 7.82. The highest BCUT2D eigenvalue weighted by molar-refractivity contribution is 5.58. The van der Waals surface area contributed by atoms with Gasteiger partial charge in [-0.15, -0.1) is 0 Å². The molecule has 7 nitrogen and oxygen atoms in total. The molecule has 0 saturated heterocycles. The van der Waals surface area contributed by atoms with Gasteiger partial charge < -0.3 is 20.9 Å². The first-order valence-corrected chi connectivity index (χ1v) is 9.36. The molecule has 0 unspecified atom stereocenters.